The molecule has 0 saturated heterocycles. The highest BCUT2D eigenvalue weighted by molar-refractivity contribution is 4.95. The zero-order chi connectivity index (χ0) is 5.82. The van der Waals surface area contributed by atoms with Gasteiger partial charge in [-0.15, -0.1) is 0 Å². The molecule has 1 atom stereocenters. The van der Waals surface area contributed by atoms with E-state index in [2.05, 4.69) is 12.5 Å². The molecule has 0 heterocycles. The Morgan fingerprint density at radius 2 is 2.38 bits per heavy atom. The van der Waals surface area contributed by atoms with E-state index in [9.17, 15) is 0 Å². The van der Waals surface area contributed by atoms with Crippen LogP contribution in [0.15, 0.2) is 0 Å². The lowest BCUT2D eigenvalue weighted by atomic mass is 9.91. The van der Waals surface area contributed by atoms with Crippen molar-refractivity contribution in [3.8, 4) is 6.07 Å². The lowest BCUT2D eigenvalue weighted by Gasteiger charge is -2.12. The summed E-state index contributed by atoms with van der Waals surface area (Å²) in [5, 5.41) is 8.41. The largest absolute Gasteiger partial charge is 0.198 e. The Morgan fingerprint density at radius 1 is 1.50 bits per heavy atom. The van der Waals surface area contributed by atoms with Crippen molar-refractivity contribution in [2.45, 2.75) is 25.7 Å². The molecular weight excluding hydrogens is 98.1 g/mol. The van der Waals surface area contributed by atoms with Gasteiger partial charge in [0.1, 0.15) is 0 Å². The minimum atomic E-state index is 0.267. The minimum absolute atomic E-state index is 0.267. The lowest BCUT2D eigenvalue weighted by molar-refractivity contribution is 0.520. The van der Waals surface area contributed by atoms with Gasteiger partial charge in [-0.05, 0) is 19.3 Å². The summed E-state index contributed by atoms with van der Waals surface area (Å²) < 4.78 is 0. The predicted molar refractivity (Wildman–Crippen MR) is 31.9 cm³/mol. The lowest BCUT2D eigenvalue weighted by Crippen LogP contribution is -2.03. The molecule has 1 aliphatic rings. The third-order valence-corrected chi connectivity index (χ3v) is 1.59. The predicted octanol–water partition coefficient (Wildman–Crippen LogP) is 1.90. The maximum Gasteiger partial charge on any atom is 0.0658 e. The van der Waals surface area contributed by atoms with Crippen molar-refractivity contribution >= 4 is 0 Å². The van der Waals surface area contributed by atoms with E-state index in [0.717, 1.165) is 12.8 Å². The smallest absolute Gasteiger partial charge is 0.0658 e. The van der Waals surface area contributed by atoms with Gasteiger partial charge in [0.2, 0.25) is 0 Å². The van der Waals surface area contributed by atoms with Crippen LogP contribution < -0.4 is 0 Å². The van der Waals surface area contributed by atoms with E-state index < -0.39 is 0 Å². The Kier molecular flexibility index (Phi) is 1.91. The zero-order valence-corrected chi connectivity index (χ0v) is 4.93. The normalized spacial score (nSPS) is 22.4. The molecule has 0 aliphatic heterocycles. The minimum Gasteiger partial charge on any atom is -0.198 e. The molecule has 1 saturated carbocycles. The molecule has 43 valence electrons. The second kappa shape index (κ2) is 2.71. The average molecular weight is 108 g/mol. The molecule has 0 aromatic rings. The Hall–Kier alpha value is -0.510. The van der Waals surface area contributed by atoms with E-state index in [-0.39, 0.29) is 5.92 Å². The van der Waals surface area contributed by atoms with Crippen molar-refractivity contribution in [2.75, 3.05) is 0 Å². The molecule has 0 unspecified atom stereocenters. The van der Waals surface area contributed by atoms with Crippen LogP contribution in [0.5, 0.6) is 0 Å². The monoisotopic (exact) mass is 108 g/mol. The highest BCUT2D eigenvalue weighted by Crippen LogP contribution is 2.21. The van der Waals surface area contributed by atoms with Gasteiger partial charge in [0, 0.05) is 5.92 Å². The summed E-state index contributed by atoms with van der Waals surface area (Å²) in [4.78, 5) is 0. The third kappa shape index (κ3) is 1.23. The molecule has 1 nitrogen and oxygen atoms in total. The van der Waals surface area contributed by atoms with Crippen molar-refractivity contribution in [1.29, 1.82) is 5.26 Å². The molecule has 1 rings (SSSR count). The Bertz CT molecular complexity index is 95.4. The highest BCUT2D eigenvalue weighted by atomic mass is 14.3. The summed E-state index contributed by atoms with van der Waals surface area (Å²) in [7, 11) is 0. The summed E-state index contributed by atoms with van der Waals surface area (Å²) in [6.45, 7) is 0. The van der Waals surface area contributed by atoms with E-state index >= 15 is 0 Å². The maximum atomic E-state index is 8.41. The van der Waals surface area contributed by atoms with E-state index in [1.54, 1.807) is 0 Å². The average Bonchev–Trinajstić information content (AvgIpc) is 1.90. The van der Waals surface area contributed by atoms with Crippen LogP contribution in [-0.2, 0) is 0 Å². The first-order valence-electron chi connectivity index (χ1n) is 3.16. The molecule has 1 aliphatic carbocycles. The van der Waals surface area contributed by atoms with Crippen LogP contribution >= 0.6 is 0 Å². The summed E-state index contributed by atoms with van der Waals surface area (Å²) in [6, 6.07) is 2.25. The van der Waals surface area contributed by atoms with Gasteiger partial charge in [0.05, 0.1) is 6.07 Å². The first-order chi connectivity index (χ1) is 3.93. The molecule has 1 heteroatoms. The van der Waals surface area contributed by atoms with Gasteiger partial charge in [0.15, 0.2) is 0 Å². The fourth-order valence-corrected chi connectivity index (χ4v) is 1.06. The summed E-state index contributed by atoms with van der Waals surface area (Å²) >= 11 is 0. The second-order valence-corrected chi connectivity index (χ2v) is 2.26. The van der Waals surface area contributed by atoms with E-state index in [4.69, 9.17) is 5.26 Å². The highest BCUT2D eigenvalue weighted by Gasteiger charge is 2.11. The van der Waals surface area contributed by atoms with Gasteiger partial charge in [-0.3, -0.25) is 0 Å². The molecule has 1 fully saturated rings. The Labute approximate surface area is 50.3 Å². The van der Waals surface area contributed by atoms with Crippen LogP contribution in [0.4, 0.5) is 0 Å². The van der Waals surface area contributed by atoms with Gasteiger partial charge >= 0.3 is 0 Å². The van der Waals surface area contributed by atoms with Gasteiger partial charge < -0.3 is 0 Å². The van der Waals surface area contributed by atoms with Gasteiger partial charge in [-0.1, -0.05) is 12.8 Å². The molecular formula is C7H10N. The summed E-state index contributed by atoms with van der Waals surface area (Å²) in [5.41, 5.74) is 0. The quantitative estimate of drug-likeness (QED) is 0.465. The molecule has 0 aromatic carbocycles. The van der Waals surface area contributed by atoms with Crippen LogP contribution in [0.2, 0.25) is 0 Å². The fourth-order valence-electron chi connectivity index (χ4n) is 1.06. The number of hydrogen-bond acceptors (Lipinski definition) is 1. The Balaban J connectivity index is 2.25. The molecule has 0 amide bonds. The van der Waals surface area contributed by atoms with E-state index in [1.165, 1.54) is 12.8 Å². The number of hydrogen-bond donors (Lipinski definition) is 0. The van der Waals surface area contributed by atoms with Gasteiger partial charge in [-0.2, -0.15) is 5.26 Å². The molecule has 0 aromatic heterocycles. The van der Waals surface area contributed by atoms with E-state index in [1.807, 2.05) is 0 Å². The van der Waals surface area contributed by atoms with Crippen molar-refractivity contribution in [3.63, 3.8) is 0 Å². The maximum absolute atomic E-state index is 8.41. The molecule has 8 heavy (non-hydrogen) atoms. The number of nitrogens with zero attached hydrogens (tertiary/aromatic N) is 1. The SMILES string of the molecule is N#C[C@@H]1[CH]CCCC1. The Morgan fingerprint density at radius 3 is 2.75 bits per heavy atom. The number of nitriles is 1. The first kappa shape index (κ1) is 5.62. The standard InChI is InChI=1S/C7H10N/c8-6-7-4-2-1-3-5-7/h4,7H,1-3,5H2/t7-/m1/s1. The van der Waals surface area contributed by atoms with Crippen LogP contribution in [0, 0.1) is 23.7 Å². The zero-order valence-electron chi connectivity index (χ0n) is 4.93. The molecule has 0 N–H and O–H groups in total. The van der Waals surface area contributed by atoms with Crippen molar-refractivity contribution in [3.05, 3.63) is 6.42 Å². The van der Waals surface area contributed by atoms with Gasteiger partial charge in [0.25, 0.3) is 0 Å². The van der Waals surface area contributed by atoms with Crippen molar-refractivity contribution < 1.29 is 0 Å². The van der Waals surface area contributed by atoms with Crippen LogP contribution in [0.3, 0.4) is 0 Å². The van der Waals surface area contributed by atoms with Crippen LogP contribution in [0.25, 0.3) is 0 Å². The molecule has 0 spiro atoms. The fraction of sp³-hybridized carbons (Fsp3) is 0.714. The van der Waals surface area contributed by atoms with Gasteiger partial charge in [-0.25, -0.2) is 0 Å². The summed E-state index contributed by atoms with van der Waals surface area (Å²) in [6.07, 6.45) is 6.91. The third-order valence-electron chi connectivity index (χ3n) is 1.59. The van der Waals surface area contributed by atoms with Crippen LogP contribution in [-0.4, -0.2) is 0 Å². The molecule has 1 radical (unpaired) electrons. The first-order valence-corrected chi connectivity index (χ1v) is 3.16. The molecule has 0 bridgehead atoms. The van der Waals surface area contributed by atoms with Crippen molar-refractivity contribution in [1.82, 2.24) is 0 Å². The summed E-state index contributed by atoms with van der Waals surface area (Å²) in [5.74, 6) is 0.267. The number of rotatable bonds is 0. The van der Waals surface area contributed by atoms with Crippen LogP contribution in [0.1, 0.15) is 25.7 Å². The second-order valence-electron chi connectivity index (χ2n) is 2.26. The van der Waals surface area contributed by atoms with Crippen molar-refractivity contribution in [2.24, 2.45) is 5.92 Å². The van der Waals surface area contributed by atoms with E-state index in [0.29, 0.717) is 0 Å². The topological polar surface area (TPSA) is 23.8 Å².